The summed E-state index contributed by atoms with van der Waals surface area (Å²) in [5.74, 6) is -0.390. The van der Waals surface area contributed by atoms with E-state index in [0.29, 0.717) is 0 Å². The quantitative estimate of drug-likeness (QED) is 0.891. The molecule has 0 unspecified atom stereocenters. The molecule has 0 bridgehead atoms. The van der Waals surface area contributed by atoms with Gasteiger partial charge in [0.15, 0.2) is 0 Å². The van der Waals surface area contributed by atoms with E-state index in [2.05, 4.69) is 10.0 Å². The monoisotopic (exact) mass is 310 g/mol. The van der Waals surface area contributed by atoms with Gasteiger partial charge in [0.25, 0.3) is 10.0 Å². The summed E-state index contributed by atoms with van der Waals surface area (Å²) in [6.45, 7) is 0. The van der Waals surface area contributed by atoms with Gasteiger partial charge < -0.3 is 10.1 Å². The van der Waals surface area contributed by atoms with E-state index in [-0.39, 0.29) is 16.3 Å². The third-order valence-electron chi connectivity index (χ3n) is 2.86. The lowest BCUT2D eigenvalue weighted by Crippen LogP contribution is -2.13. The predicted molar refractivity (Wildman–Crippen MR) is 79.7 cm³/mol. The fraction of sp³-hybridized carbons (Fsp3) is 0.143. The molecule has 0 aliphatic rings. The topological polar surface area (TPSA) is 67.4 Å². The molecule has 0 aliphatic heterocycles. The number of hydrogen-bond donors (Lipinski definition) is 2. The largest absolute Gasteiger partial charge is 0.494 e. The van der Waals surface area contributed by atoms with E-state index in [0.717, 1.165) is 17.8 Å². The minimum atomic E-state index is -3.76. The average Bonchev–Trinajstić information content (AvgIpc) is 2.49. The first-order valence-corrected chi connectivity index (χ1v) is 7.59. The van der Waals surface area contributed by atoms with Crippen LogP contribution in [0.1, 0.15) is 0 Å². The number of methoxy groups -OCH3 is 1. The van der Waals surface area contributed by atoms with E-state index >= 15 is 0 Å². The van der Waals surface area contributed by atoms with Gasteiger partial charge in [0.1, 0.15) is 11.6 Å². The number of halogens is 1. The second kappa shape index (κ2) is 6.01. The highest BCUT2D eigenvalue weighted by Crippen LogP contribution is 2.27. The minimum Gasteiger partial charge on any atom is -0.494 e. The van der Waals surface area contributed by atoms with Crippen LogP contribution in [0.5, 0.6) is 5.75 Å². The lowest BCUT2D eigenvalue weighted by atomic mass is 10.3. The van der Waals surface area contributed by atoms with Crippen LogP contribution in [0.4, 0.5) is 15.8 Å². The Morgan fingerprint density at radius 3 is 2.33 bits per heavy atom. The number of hydrogen-bond acceptors (Lipinski definition) is 4. The highest BCUT2D eigenvalue weighted by molar-refractivity contribution is 7.92. The highest BCUT2D eigenvalue weighted by Gasteiger charge is 2.16. The second-order valence-corrected chi connectivity index (χ2v) is 5.91. The van der Waals surface area contributed by atoms with Crippen LogP contribution in [0.3, 0.4) is 0 Å². The summed E-state index contributed by atoms with van der Waals surface area (Å²) in [6.07, 6.45) is 0. The smallest absolute Gasteiger partial charge is 0.262 e. The maximum absolute atomic E-state index is 13.1. The van der Waals surface area contributed by atoms with E-state index in [1.54, 1.807) is 19.2 Å². The van der Waals surface area contributed by atoms with E-state index in [1.807, 2.05) is 0 Å². The fourth-order valence-electron chi connectivity index (χ4n) is 1.75. The molecule has 2 N–H and O–H groups in total. The molecule has 7 heteroatoms. The molecule has 0 aromatic heterocycles. The van der Waals surface area contributed by atoms with E-state index in [1.165, 1.54) is 25.3 Å². The maximum Gasteiger partial charge on any atom is 0.262 e. The standard InChI is InChI=1S/C14H15FN2O3S/c1-16-11-4-6-12(7-5-11)21(18,19)17-13-8-3-10(15)9-14(13)20-2/h3-9,16-17H,1-2H3. The van der Waals surface area contributed by atoms with E-state index in [4.69, 9.17) is 4.74 Å². The van der Waals surface area contributed by atoms with Gasteiger partial charge in [0.2, 0.25) is 0 Å². The Bertz CT molecular complexity index is 730. The summed E-state index contributed by atoms with van der Waals surface area (Å²) in [5.41, 5.74) is 0.977. The average molecular weight is 310 g/mol. The molecule has 0 radical (unpaired) electrons. The molecule has 2 aromatic carbocycles. The maximum atomic E-state index is 13.1. The number of ether oxygens (including phenoxy) is 1. The van der Waals surface area contributed by atoms with Crippen molar-refractivity contribution in [3.8, 4) is 5.75 Å². The Kier molecular flexibility index (Phi) is 4.32. The van der Waals surface area contributed by atoms with E-state index in [9.17, 15) is 12.8 Å². The lowest BCUT2D eigenvalue weighted by molar-refractivity contribution is 0.413. The van der Waals surface area contributed by atoms with Gasteiger partial charge in [-0.3, -0.25) is 4.72 Å². The van der Waals surface area contributed by atoms with Crippen LogP contribution in [0.25, 0.3) is 0 Å². The van der Waals surface area contributed by atoms with Crippen LogP contribution in [0.2, 0.25) is 0 Å². The summed E-state index contributed by atoms with van der Waals surface area (Å²) in [6, 6.07) is 9.83. The molecule has 0 heterocycles. The molecule has 2 aromatic rings. The van der Waals surface area contributed by atoms with Crippen molar-refractivity contribution >= 4 is 21.4 Å². The van der Waals surface area contributed by atoms with Crippen LogP contribution >= 0.6 is 0 Å². The third-order valence-corrected chi connectivity index (χ3v) is 4.24. The highest BCUT2D eigenvalue weighted by atomic mass is 32.2. The van der Waals surface area contributed by atoms with Crippen molar-refractivity contribution in [3.05, 3.63) is 48.3 Å². The van der Waals surface area contributed by atoms with Crippen LogP contribution in [0, 0.1) is 5.82 Å². The molecule has 0 saturated heterocycles. The first-order valence-electron chi connectivity index (χ1n) is 6.10. The van der Waals surface area contributed by atoms with Crippen molar-refractivity contribution < 1.29 is 17.5 Å². The van der Waals surface area contributed by atoms with Crippen molar-refractivity contribution in [3.63, 3.8) is 0 Å². The Balaban J connectivity index is 2.32. The number of benzene rings is 2. The molecule has 5 nitrogen and oxygen atoms in total. The van der Waals surface area contributed by atoms with E-state index < -0.39 is 15.8 Å². The van der Waals surface area contributed by atoms with Gasteiger partial charge in [0, 0.05) is 18.8 Å². The minimum absolute atomic E-state index is 0.105. The van der Waals surface area contributed by atoms with Crippen molar-refractivity contribution in [2.75, 3.05) is 24.2 Å². The number of anilines is 2. The van der Waals surface area contributed by atoms with Crippen LogP contribution in [-0.2, 0) is 10.0 Å². The number of rotatable bonds is 5. The van der Waals surface area contributed by atoms with Crippen molar-refractivity contribution in [1.29, 1.82) is 0 Å². The van der Waals surface area contributed by atoms with Crippen molar-refractivity contribution in [1.82, 2.24) is 0 Å². The molecule has 0 fully saturated rings. The fourth-order valence-corrected chi connectivity index (χ4v) is 2.82. The van der Waals surface area contributed by atoms with Gasteiger partial charge in [-0.05, 0) is 36.4 Å². The van der Waals surface area contributed by atoms with Crippen LogP contribution in [-0.4, -0.2) is 22.6 Å². The Morgan fingerprint density at radius 2 is 1.76 bits per heavy atom. The van der Waals surface area contributed by atoms with Crippen molar-refractivity contribution in [2.24, 2.45) is 0 Å². The summed E-state index contributed by atoms with van der Waals surface area (Å²) >= 11 is 0. The molecule has 0 atom stereocenters. The zero-order chi connectivity index (χ0) is 15.5. The van der Waals surface area contributed by atoms with Crippen molar-refractivity contribution in [2.45, 2.75) is 4.90 Å². The Labute approximate surface area is 122 Å². The first-order chi connectivity index (χ1) is 9.96. The van der Waals surface area contributed by atoms with Gasteiger partial charge in [-0.25, -0.2) is 12.8 Å². The normalized spacial score (nSPS) is 11.0. The number of sulfonamides is 1. The SMILES string of the molecule is CNc1ccc(S(=O)(=O)Nc2ccc(F)cc2OC)cc1. The number of nitrogens with one attached hydrogen (secondary N) is 2. The molecule has 0 saturated carbocycles. The second-order valence-electron chi connectivity index (χ2n) is 4.22. The molecule has 21 heavy (non-hydrogen) atoms. The summed E-state index contributed by atoms with van der Waals surface area (Å²) in [5, 5.41) is 2.90. The first kappa shape index (κ1) is 15.1. The third kappa shape index (κ3) is 3.43. The predicted octanol–water partition coefficient (Wildman–Crippen LogP) is 2.68. The Hall–Kier alpha value is -2.28. The summed E-state index contributed by atoms with van der Waals surface area (Å²) < 4.78 is 45.0. The molecule has 0 spiro atoms. The van der Waals surface area contributed by atoms with Crippen LogP contribution in [0.15, 0.2) is 47.4 Å². The van der Waals surface area contributed by atoms with Gasteiger partial charge in [-0.15, -0.1) is 0 Å². The zero-order valence-corrected chi connectivity index (χ0v) is 12.4. The Morgan fingerprint density at radius 1 is 1.10 bits per heavy atom. The van der Waals surface area contributed by atoms with Gasteiger partial charge in [-0.1, -0.05) is 0 Å². The molecule has 2 rings (SSSR count). The lowest BCUT2D eigenvalue weighted by Gasteiger charge is -2.12. The van der Waals surface area contributed by atoms with Gasteiger partial charge >= 0.3 is 0 Å². The zero-order valence-electron chi connectivity index (χ0n) is 11.6. The molecule has 0 amide bonds. The van der Waals surface area contributed by atoms with Gasteiger partial charge in [0.05, 0.1) is 17.7 Å². The molecular formula is C14H15FN2O3S. The summed E-state index contributed by atoms with van der Waals surface area (Å²) in [4.78, 5) is 0.105. The molecule has 0 aliphatic carbocycles. The van der Waals surface area contributed by atoms with Crippen LogP contribution < -0.4 is 14.8 Å². The molecule has 112 valence electrons. The molecular weight excluding hydrogens is 295 g/mol. The van der Waals surface area contributed by atoms with Gasteiger partial charge in [-0.2, -0.15) is 0 Å². The summed E-state index contributed by atoms with van der Waals surface area (Å²) in [7, 11) is -0.681.